The molecule has 0 spiro atoms. The predicted octanol–water partition coefficient (Wildman–Crippen LogP) is 5.11. The Morgan fingerprint density at radius 1 is 1.00 bits per heavy atom. The first-order valence-corrected chi connectivity index (χ1v) is 14.1. The van der Waals surface area contributed by atoms with E-state index in [2.05, 4.69) is 25.5 Å². The van der Waals surface area contributed by atoms with E-state index in [4.69, 9.17) is 37.8 Å². The van der Waals surface area contributed by atoms with Gasteiger partial charge in [-0.3, -0.25) is 4.79 Å². The standard InChI is InChI=1S/C26H27Cl2FN6O2.C2HF3O2/c1-30-20-2-3-35(15-20)24-12-22(29)21(17-13-31-26(32-14-17)34-4-6-37-7-5-34)11-23(24)33-25(36)16-8-18(27)10-19(28)9-16;3-2(4,5)1(6)7/h8-14,20,30H,2-7,15H2,1H3,(H,33,36);(H,6,7). The van der Waals surface area contributed by atoms with Crippen molar-refractivity contribution in [3.63, 3.8) is 0 Å². The summed E-state index contributed by atoms with van der Waals surface area (Å²) in [5, 5.41) is 14.0. The lowest BCUT2D eigenvalue weighted by Gasteiger charge is -2.26. The molecule has 1 aromatic heterocycles. The summed E-state index contributed by atoms with van der Waals surface area (Å²) >= 11 is 12.2. The summed E-state index contributed by atoms with van der Waals surface area (Å²) in [6, 6.07) is 8.01. The summed E-state index contributed by atoms with van der Waals surface area (Å²) in [4.78, 5) is 35.1. The second-order valence-electron chi connectivity index (χ2n) is 9.86. The average Bonchev–Trinajstić information content (AvgIpc) is 3.47. The lowest BCUT2D eigenvalue weighted by molar-refractivity contribution is -0.192. The molecular formula is C28H28Cl2F4N6O4. The van der Waals surface area contributed by atoms with Crippen molar-refractivity contribution < 1.29 is 37.0 Å². The zero-order chi connectivity index (χ0) is 32.0. The number of benzene rings is 2. The number of alkyl halides is 3. The van der Waals surface area contributed by atoms with E-state index < -0.39 is 23.9 Å². The maximum absolute atomic E-state index is 15.5. The first-order chi connectivity index (χ1) is 20.8. The van der Waals surface area contributed by atoms with Gasteiger partial charge in [0.2, 0.25) is 5.95 Å². The average molecular weight is 659 g/mol. The molecule has 2 saturated heterocycles. The first-order valence-electron chi connectivity index (χ1n) is 13.3. The van der Waals surface area contributed by atoms with Crippen LogP contribution in [0, 0.1) is 5.82 Å². The Bertz CT molecular complexity index is 1470. The molecule has 10 nitrogen and oxygen atoms in total. The van der Waals surface area contributed by atoms with Crippen molar-refractivity contribution in [3.05, 3.63) is 64.2 Å². The molecule has 3 heterocycles. The van der Waals surface area contributed by atoms with E-state index in [1.807, 2.05) is 11.9 Å². The van der Waals surface area contributed by atoms with Gasteiger partial charge in [-0.2, -0.15) is 13.2 Å². The fourth-order valence-corrected chi connectivity index (χ4v) is 5.15. The Labute approximate surface area is 259 Å². The van der Waals surface area contributed by atoms with Gasteiger partial charge in [0.15, 0.2) is 0 Å². The SMILES string of the molecule is CNC1CCN(c2cc(F)c(-c3cnc(N4CCOCC4)nc3)cc2NC(=O)c2cc(Cl)cc(Cl)c2)C1.O=C(O)C(F)(F)F. The normalized spacial score (nSPS) is 16.8. The number of likely N-dealkylation sites (N-methyl/N-ethyl adjacent to an activating group) is 1. The fraction of sp³-hybridized carbons (Fsp3) is 0.357. The molecule has 0 bridgehead atoms. The van der Waals surface area contributed by atoms with Crippen LogP contribution in [-0.4, -0.2) is 85.6 Å². The number of hydrogen-bond donors (Lipinski definition) is 3. The number of carbonyl (C=O) groups is 2. The van der Waals surface area contributed by atoms with Gasteiger partial charge in [0.1, 0.15) is 5.82 Å². The van der Waals surface area contributed by atoms with Crippen LogP contribution in [0.4, 0.5) is 34.9 Å². The van der Waals surface area contributed by atoms with E-state index in [1.54, 1.807) is 24.5 Å². The van der Waals surface area contributed by atoms with Crippen molar-refractivity contribution in [2.75, 3.05) is 61.6 Å². The maximum Gasteiger partial charge on any atom is 0.490 e. The Morgan fingerprint density at radius 3 is 2.16 bits per heavy atom. The zero-order valence-corrected chi connectivity index (χ0v) is 24.8. The highest BCUT2D eigenvalue weighted by Gasteiger charge is 2.38. The number of carbonyl (C=O) groups excluding carboxylic acids is 1. The summed E-state index contributed by atoms with van der Waals surface area (Å²) in [6.45, 7) is 4.07. The fourth-order valence-electron chi connectivity index (χ4n) is 4.63. The number of ether oxygens (including phenoxy) is 1. The van der Waals surface area contributed by atoms with Crippen molar-refractivity contribution in [2.24, 2.45) is 0 Å². The molecule has 0 radical (unpaired) electrons. The highest BCUT2D eigenvalue weighted by molar-refractivity contribution is 6.35. The maximum atomic E-state index is 15.5. The number of aromatic nitrogens is 2. The smallest absolute Gasteiger partial charge is 0.475 e. The van der Waals surface area contributed by atoms with Crippen molar-refractivity contribution >= 4 is 52.4 Å². The van der Waals surface area contributed by atoms with Crippen LogP contribution in [-0.2, 0) is 9.53 Å². The van der Waals surface area contributed by atoms with Crippen molar-refractivity contribution in [1.29, 1.82) is 0 Å². The third kappa shape index (κ3) is 8.46. The summed E-state index contributed by atoms with van der Waals surface area (Å²) in [5.74, 6) is -3.00. The second-order valence-corrected chi connectivity index (χ2v) is 10.7. The third-order valence-corrected chi connectivity index (χ3v) is 7.32. The number of halogens is 6. The molecule has 236 valence electrons. The van der Waals surface area contributed by atoms with Crippen LogP contribution >= 0.6 is 23.2 Å². The van der Waals surface area contributed by atoms with Crippen LogP contribution in [0.25, 0.3) is 11.1 Å². The van der Waals surface area contributed by atoms with E-state index in [0.717, 1.165) is 13.0 Å². The van der Waals surface area contributed by atoms with E-state index >= 15 is 4.39 Å². The van der Waals surface area contributed by atoms with Gasteiger partial charge in [-0.25, -0.2) is 19.2 Å². The molecule has 1 unspecified atom stereocenters. The van der Waals surface area contributed by atoms with E-state index in [1.165, 1.54) is 18.2 Å². The molecule has 3 aromatic rings. The Hall–Kier alpha value is -3.72. The van der Waals surface area contributed by atoms with Crippen LogP contribution in [0.15, 0.2) is 42.7 Å². The van der Waals surface area contributed by atoms with Crippen molar-refractivity contribution in [3.8, 4) is 11.1 Å². The highest BCUT2D eigenvalue weighted by Crippen LogP contribution is 2.36. The van der Waals surface area contributed by atoms with Crippen molar-refractivity contribution in [1.82, 2.24) is 15.3 Å². The lowest BCUT2D eigenvalue weighted by Crippen LogP contribution is -2.37. The minimum absolute atomic E-state index is 0.277. The molecular weight excluding hydrogens is 631 g/mol. The number of hydrogen-bond acceptors (Lipinski definition) is 8. The zero-order valence-electron chi connectivity index (χ0n) is 23.3. The molecule has 2 fully saturated rings. The lowest BCUT2D eigenvalue weighted by atomic mass is 10.1. The molecule has 3 N–H and O–H groups in total. The number of amides is 1. The summed E-state index contributed by atoms with van der Waals surface area (Å²) in [7, 11) is 1.91. The molecule has 1 amide bonds. The van der Waals surface area contributed by atoms with Gasteiger partial charge >= 0.3 is 12.1 Å². The molecule has 0 aliphatic carbocycles. The second kappa shape index (κ2) is 14.4. The number of morpholine rings is 1. The largest absolute Gasteiger partial charge is 0.490 e. The van der Waals surface area contributed by atoms with E-state index in [0.29, 0.717) is 76.9 Å². The minimum Gasteiger partial charge on any atom is -0.475 e. The molecule has 44 heavy (non-hydrogen) atoms. The Morgan fingerprint density at radius 2 is 1.61 bits per heavy atom. The van der Waals surface area contributed by atoms with E-state index in [9.17, 15) is 18.0 Å². The van der Waals surface area contributed by atoms with Crippen LogP contribution in [0.5, 0.6) is 0 Å². The van der Waals surface area contributed by atoms with Gasteiger partial charge in [-0.15, -0.1) is 0 Å². The molecule has 0 saturated carbocycles. The third-order valence-electron chi connectivity index (χ3n) is 6.88. The number of aliphatic carboxylic acids is 1. The Kier molecular flexibility index (Phi) is 10.8. The summed E-state index contributed by atoms with van der Waals surface area (Å²) < 4.78 is 52.6. The van der Waals surface area contributed by atoms with Crippen molar-refractivity contribution in [2.45, 2.75) is 18.6 Å². The Balaban J connectivity index is 0.000000566. The predicted molar refractivity (Wildman–Crippen MR) is 158 cm³/mol. The number of rotatable bonds is 6. The molecule has 16 heteroatoms. The highest BCUT2D eigenvalue weighted by atomic mass is 35.5. The van der Waals surface area contributed by atoms with Crippen LogP contribution in [0.3, 0.4) is 0 Å². The molecule has 2 aliphatic heterocycles. The van der Waals surface area contributed by atoms with Gasteiger partial charge < -0.3 is 30.3 Å². The van der Waals surface area contributed by atoms with Crippen LogP contribution < -0.4 is 20.4 Å². The number of carboxylic acid groups (broad SMARTS) is 1. The quantitative estimate of drug-likeness (QED) is 0.310. The summed E-state index contributed by atoms with van der Waals surface area (Å²) in [5.41, 5.74) is 2.19. The van der Waals surface area contributed by atoms with Crippen LogP contribution in [0.2, 0.25) is 10.0 Å². The van der Waals surface area contributed by atoms with Gasteiger partial charge in [-0.1, -0.05) is 23.2 Å². The number of anilines is 3. The van der Waals surface area contributed by atoms with Gasteiger partial charge in [-0.05, 0) is 43.8 Å². The van der Waals surface area contributed by atoms with E-state index in [-0.39, 0.29) is 6.04 Å². The molecule has 1 atom stereocenters. The van der Waals surface area contributed by atoms with Crippen LogP contribution in [0.1, 0.15) is 16.8 Å². The first kappa shape index (κ1) is 33.2. The topological polar surface area (TPSA) is 120 Å². The van der Waals surface area contributed by atoms with Gasteiger partial charge in [0, 0.05) is 71.4 Å². The summed E-state index contributed by atoms with van der Waals surface area (Å²) in [6.07, 6.45) is -0.968. The van der Waals surface area contributed by atoms with Gasteiger partial charge in [0.05, 0.1) is 24.6 Å². The van der Waals surface area contributed by atoms with Gasteiger partial charge in [0.25, 0.3) is 5.91 Å². The molecule has 2 aliphatic rings. The number of nitrogens with zero attached hydrogens (tertiary/aromatic N) is 4. The number of carboxylic acids is 1. The molecule has 5 rings (SSSR count). The molecule has 2 aromatic carbocycles. The minimum atomic E-state index is -5.08. The number of nitrogens with one attached hydrogen (secondary N) is 2. The monoisotopic (exact) mass is 658 g/mol.